The van der Waals surface area contributed by atoms with Crippen molar-refractivity contribution < 1.29 is 14.3 Å². The molecule has 2 N–H and O–H groups in total. The van der Waals surface area contributed by atoms with Gasteiger partial charge in [0, 0.05) is 17.8 Å². The van der Waals surface area contributed by atoms with Gasteiger partial charge in [-0.3, -0.25) is 4.79 Å². The van der Waals surface area contributed by atoms with Crippen molar-refractivity contribution in [2.75, 3.05) is 19.5 Å². The maximum atomic E-state index is 12.3. The zero-order valence-corrected chi connectivity index (χ0v) is 15.1. The molecule has 26 heavy (non-hydrogen) atoms. The number of nitrogens with zero attached hydrogens (tertiary/aromatic N) is 2. The molecular formula is C19H24N4O3. The summed E-state index contributed by atoms with van der Waals surface area (Å²) >= 11 is 0. The Hall–Kier alpha value is -2.83. The molecule has 0 atom stereocenters. The Bertz CT molecular complexity index is 743. The number of carbonyl (C=O) groups is 1. The molecule has 1 heterocycles. The molecule has 7 nitrogen and oxygen atoms in total. The Balaban J connectivity index is 1.63. The lowest BCUT2D eigenvalue weighted by Gasteiger charge is -2.22. The molecule has 1 aromatic carbocycles. The van der Waals surface area contributed by atoms with Gasteiger partial charge in [0.25, 0.3) is 5.91 Å². The fourth-order valence-electron chi connectivity index (χ4n) is 3.09. The fraction of sp³-hybridized carbons (Fsp3) is 0.421. The number of hydrogen-bond acceptors (Lipinski definition) is 6. The minimum Gasteiger partial charge on any atom is -0.493 e. The molecular weight excluding hydrogens is 332 g/mol. The highest BCUT2D eigenvalue weighted by Gasteiger charge is 2.17. The molecule has 1 fully saturated rings. The lowest BCUT2D eigenvalue weighted by atomic mass is 9.95. The Morgan fingerprint density at radius 2 is 1.77 bits per heavy atom. The minimum absolute atomic E-state index is 0.165. The van der Waals surface area contributed by atoms with Crippen molar-refractivity contribution in [3.8, 4) is 11.5 Å². The largest absolute Gasteiger partial charge is 0.493 e. The monoisotopic (exact) mass is 356 g/mol. The van der Waals surface area contributed by atoms with Crippen molar-refractivity contribution in [1.82, 2.24) is 15.5 Å². The zero-order chi connectivity index (χ0) is 18.4. The summed E-state index contributed by atoms with van der Waals surface area (Å²) in [4.78, 5) is 12.3. The van der Waals surface area contributed by atoms with Crippen LogP contribution in [0.3, 0.4) is 0 Å². The van der Waals surface area contributed by atoms with Gasteiger partial charge in [-0.25, -0.2) is 0 Å². The van der Waals surface area contributed by atoms with Gasteiger partial charge in [-0.05, 0) is 37.1 Å². The van der Waals surface area contributed by atoms with E-state index in [1.165, 1.54) is 19.3 Å². The highest BCUT2D eigenvalue weighted by molar-refractivity contribution is 5.92. The van der Waals surface area contributed by atoms with Crippen molar-refractivity contribution in [2.45, 2.75) is 38.1 Å². The minimum atomic E-state index is -0.165. The normalized spacial score (nSPS) is 14.5. The van der Waals surface area contributed by atoms with E-state index in [1.54, 1.807) is 32.4 Å². The first-order valence-electron chi connectivity index (χ1n) is 8.83. The second-order valence-electron chi connectivity index (χ2n) is 6.31. The predicted octanol–water partition coefficient (Wildman–Crippen LogP) is 3.30. The van der Waals surface area contributed by atoms with E-state index < -0.39 is 0 Å². The number of hydrogen-bond donors (Lipinski definition) is 2. The van der Waals surface area contributed by atoms with E-state index in [2.05, 4.69) is 20.8 Å². The molecule has 1 aromatic heterocycles. The number of benzene rings is 1. The van der Waals surface area contributed by atoms with E-state index in [9.17, 15) is 4.79 Å². The zero-order valence-electron chi connectivity index (χ0n) is 15.1. The van der Waals surface area contributed by atoms with Crippen LogP contribution in [0.2, 0.25) is 0 Å². The van der Waals surface area contributed by atoms with Gasteiger partial charge < -0.3 is 20.1 Å². The Morgan fingerprint density at radius 3 is 2.42 bits per heavy atom. The van der Waals surface area contributed by atoms with Crippen LogP contribution >= 0.6 is 0 Å². The topological polar surface area (TPSA) is 85.4 Å². The summed E-state index contributed by atoms with van der Waals surface area (Å²) in [7, 11) is 3.18. The summed E-state index contributed by atoms with van der Waals surface area (Å²) in [5.41, 5.74) is 1.12. The summed E-state index contributed by atoms with van der Waals surface area (Å²) < 4.78 is 10.5. The first kappa shape index (κ1) is 18.0. The van der Waals surface area contributed by atoms with Crippen LogP contribution in [0, 0.1) is 0 Å². The van der Waals surface area contributed by atoms with Crippen molar-refractivity contribution in [1.29, 1.82) is 0 Å². The van der Waals surface area contributed by atoms with Crippen LogP contribution in [0.25, 0.3) is 0 Å². The van der Waals surface area contributed by atoms with Crippen molar-refractivity contribution >= 4 is 17.4 Å². The molecule has 0 aliphatic heterocycles. The molecule has 7 heteroatoms. The maximum absolute atomic E-state index is 12.3. The molecule has 2 aromatic rings. The average Bonchev–Trinajstić information content (AvgIpc) is 2.69. The average molecular weight is 356 g/mol. The molecule has 0 radical (unpaired) electrons. The third-order valence-corrected chi connectivity index (χ3v) is 4.49. The van der Waals surface area contributed by atoms with E-state index in [0.29, 0.717) is 23.0 Å². The maximum Gasteiger partial charge on any atom is 0.272 e. The number of ether oxygens (including phenoxy) is 2. The molecule has 3 rings (SSSR count). The fourth-order valence-corrected chi connectivity index (χ4v) is 3.09. The van der Waals surface area contributed by atoms with E-state index in [0.717, 1.165) is 18.5 Å². The number of amides is 1. The Kier molecular flexibility index (Phi) is 5.88. The third-order valence-electron chi connectivity index (χ3n) is 4.49. The summed E-state index contributed by atoms with van der Waals surface area (Å²) in [5, 5.41) is 14.3. The van der Waals surface area contributed by atoms with Crippen LogP contribution < -0.4 is 20.1 Å². The van der Waals surface area contributed by atoms with Crippen molar-refractivity contribution in [2.24, 2.45) is 0 Å². The summed E-state index contributed by atoms with van der Waals surface area (Å²) in [6.45, 7) is 0. The van der Waals surface area contributed by atoms with Gasteiger partial charge in [-0.2, -0.15) is 0 Å². The number of methoxy groups -OCH3 is 2. The molecule has 1 aliphatic carbocycles. The molecule has 0 bridgehead atoms. The van der Waals surface area contributed by atoms with Crippen LogP contribution in [0.1, 0.15) is 42.6 Å². The summed E-state index contributed by atoms with van der Waals surface area (Å²) in [6, 6.07) is 9.13. The molecule has 1 aliphatic rings. The SMILES string of the molecule is COc1ccc(Nc2ccc(C(=O)NC3CCCCC3)nn2)cc1OC. The van der Waals surface area contributed by atoms with Crippen LogP contribution in [0.15, 0.2) is 30.3 Å². The lowest BCUT2D eigenvalue weighted by molar-refractivity contribution is 0.0921. The lowest BCUT2D eigenvalue weighted by Crippen LogP contribution is -2.36. The van der Waals surface area contributed by atoms with Crippen LogP contribution in [0.4, 0.5) is 11.5 Å². The Morgan fingerprint density at radius 1 is 1.00 bits per heavy atom. The highest BCUT2D eigenvalue weighted by Crippen LogP contribution is 2.30. The van der Waals surface area contributed by atoms with E-state index >= 15 is 0 Å². The molecule has 0 saturated heterocycles. The van der Waals surface area contributed by atoms with Gasteiger partial charge in [0.15, 0.2) is 23.0 Å². The number of carbonyl (C=O) groups excluding carboxylic acids is 1. The van der Waals surface area contributed by atoms with Crippen molar-refractivity contribution in [3.63, 3.8) is 0 Å². The molecule has 0 spiro atoms. The number of nitrogens with one attached hydrogen (secondary N) is 2. The predicted molar refractivity (Wildman–Crippen MR) is 99.2 cm³/mol. The van der Waals surface area contributed by atoms with Gasteiger partial charge in [0.1, 0.15) is 0 Å². The van der Waals surface area contributed by atoms with E-state index in [-0.39, 0.29) is 11.9 Å². The molecule has 138 valence electrons. The third kappa shape index (κ3) is 4.41. The number of aromatic nitrogens is 2. The molecule has 1 saturated carbocycles. The molecule has 1 amide bonds. The highest BCUT2D eigenvalue weighted by atomic mass is 16.5. The summed E-state index contributed by atoms with van der Waals surface area (Å²) in [5.74, 6) is 1.65. The summed E-state index contributed by atoms with van der Waals surface area (Å²) in [6.07, 6.45) is 5.68. The second kappa shape index (κ2) is 8.51. The number of rotatable bonds is 6. The quantitative estimate of drug-likeness (QED) is 0.826. The van der Waals surface area contributed by atoms with Crippen LogP contribution in [0.5, 0.6) is 11.5 Å². The van der Waals surface area contributed by atoms with Gasteiger partial charge in [0.2, 0.25) is 0 Å². The van der Waals surface area contributed by atoms with Crippen LogP contribution in [-0.2, 0) is 0 Å². The second-order valence-corrected chi connectivity index (χ2v) is 6.31. The first-order valence-corrected chi connectivity index (χ1v) is 8.83. The molecule has 0 unspecified atom stereocenters. The first-order chi connectivity index (χ1) is 12.7. The smallest absolute Gasteiger partial charge is 0.272 e. The standard InChI is InChI=1S/C19H24N4O3/c1-25-16-10-8-14(12-17(16)26-2)20-18-11-9-15(22-23-18)19(24)21-13-6-4-3-5-7-13/h8-13H,3-7H2,1-2H3,(H,20,23)(H,21,24). The van der Waals surface area contributed by atoms with Gasteiger partial charge in [-0.15, -0.1) is 10.2 Å². The van der Waals surface area contributed by atoms with Gasteiger partial charge in [0.05, 0.1) is 14.2 Å². The number of anilines is 2. The van der Waals surface area contributed by atoms with Gasteiger partial charge in [-0.1, -0.05) is 19.3 Å². The van der Waals surface area contributed by atoms with E-state index in [4.69, 9.17) is 9.47 Å². The Labute approximate surface area is 153 Å². The van der Waals surface area contributed by atoms with Crippen LogP contribution in [-0.4, -0.2) is 36.4 Å². The van der Waals surface area contributed by atoms with E-state index in [1.807, 2.05) is 12.1 Å². The van der Waals surface area contributed by atoms with Gasteiger partial charge >= 0.3 is 0 Å². The van der Waals surface area contributed by atoms with Crippen molar-refractivity contribution in [3.05, 3.63) is 36.0 Å².